The lowest BCUT2D eigenvalue weighted by molar-refractivity contribution is 0.756. The van der Waals surface area contributed by atoms with Crippen molar-refractivity contribution < 1.29 is 0 Å². The maximum absolute atomic E-state index is 4.98. The smallest absolute Gasteiger partial charge is 0.109 e. The molecular formula is C20H18N4. The number of H-pyrrole nitrogens is 1. The van der Waals surface area contributed by atoms with E-state index in [1.165, 1.54) is 34.6 Å². The van der Waals surface area contributed by atoms with Crippen LogP contribution in [0.4, 0.5) is 0 Å². The van der Waals surface area contributed by atoms with Crippen LogP contribution in [-0.2, 0) is 13.0 Å². The average Bonchev–Trinajstić information content (AvgIpc) is 3.29. The number of hydrogen-bond acceptors (Lipinski definition) is 2. The number of nitrogens with one attached hydrogen (secondary N) is 1. The summed E-state index contributed by atoms with van der Waals surface area (Å²) in [7, 11) is 0. The van der Waals surface area contributed by atoms with Gasteiger partial charge in [0.05, 0.1) is 23.1 Å². The SMILES string of the molecule is Cc1cccc(-c2nc3n(c2-c2ccc4cn[nH]c4c2)CCC3)c1. The third-order valence-electron chi connectivity index (χ3n) is 4.84. The summed E-state index contributed by atoms with van der Waals surface area (Å²) in [6, 6.07) is 15.1. The molecule has 0 bridgehead atoms. The molecule has 24 heavy (non-hydrogen) atoms. The molecule has 5 rings (SSSR count). The molecule has 3 heterocycles. The number of benzene rings is 2. The van der Waals surface area contributed by atoms with Crippen LogP contribution in [-0.4, -0.2) is 19.7 Å². The maximum atomic E-state index is 4.98. The second-order valence-corrected chi connectivity index (χ2v) is 6.52. The number of aromatic amines is 1. The van der Waals surface area contributed by atoms with Crippen LogP contribution in [0.2, 0.25) is 0 Å². The van der Waals surface area contributed by atoms with Gasteiger partial charge in [-0.15, -0.1) is 0 Å². The summed E-state index contributed by atoms with van der Waals surface area (Å²) >= 11 is 0. The molecule has 118 valence electrons. The predicted octanol–water partition coefficient (Wildman–Crippen LogP) is 4.35. The van der Waals surface area contributed by atoms with E-state index < -0.39 is 0 Å². The number of aromatic nitrogens is 4. The first-order valence-electron chi connectivity index (χ1n) is 8.39. The lowest BCUT2D eigenvalue weighted by Crippen LogP contribution is -1.96. The van der Waals surface area contributed by atoms with Crippen molar-refractivity contribution in [2.75, 3.05) is 0 Å². The lowest BCUT2D eigenvalue weighted by Gasteiger charge is -2.09. The number of rotatable bonds is 2. The Hall–Kier alpha value is -2.88. The van der Waals surface area contributed by atoms with Crippen LogP contribution in [0, 0.1) is 6.92 Å². The van der Waals surface area contributed by atoms with E-state index in [9.17, 15) is 0 Å². The molecule has 0 atom stereocenters. The van der Waals surface area contributed by atoms with Gasteiger partial charge in [0.25, 0.3) is 0 Å². The van der Waals surface area contributed by atoms with E-state index in [2.05, 4.69) is 64.2 Å². The zero-order valence-corrected chi connectivity index (χ0v) is 13.6. The van der Waals surface area contributed by atoms with Crippen LogP contribution in [0.25, 0.3) is 33.4 Å². The van der Waals surface area contributed by atoms with Gasteiger partial charge < -0.3 is 4.57 Å². The first-order valence-corrected chi connectivity index (χ1v) is 8.39. The molecule has 1 N–H and O–H groups in total. The maximum Gasteiger partial charge on any atom is 0.109 e. The molecule has 0 fully saturated rings. The van der Waals surface area contributed by atoms with Crippen molar-refractivity contribution in [1.82, 2.24) is 19.7 Å². The number of hydrogen-bond donors (Lipinski definition) is 1. The van der Waals surface area contributed by atoms with Crippen LogP contribution in [0.15, 0.2) is 48.7 Å². The Balaban J connectivity index is 1.77. The topological polar surface area (TPSA) is 46.5 Å². The van der Waals surface area contributed by atoms with E-state index >= 15 is 0 Å². The highest BCUT2D eigenvalue weighted by Crippen LogP contribution is 2.36. The Labute approximate surface area is 140 Å². The molecule has 1 aliphatic heterocycles. The minimum absolute atomic E-state index is 1.05. The molecule has 0 saturated carbocycles. The Morgan fingerprint density at radius 1 is 1.08 bits per heavy atom. The Morgan fingerprint density at radius 3 is 2.96 bits per heavy atom. The number of nitrogens with zero attached hydrogens (tertiary/aromatic N) is 3. The highest BCUT2D eigenvalue weighted by atomic mass is 15.1. The monoisotopic (exact) mass is 314 g/mol. The van der Waals surface area contributed by atoms with Crippen molar-refractivity contribution in [1.29, 1.82) is 0 Å². The van der Waals surface area contributed by atoms with Crippen LogP contribution in [0.5, 0.6) is 0 Å². The highest BCUT2D eigenvalue weighted by molar-refractivity contribution is 5.87. The summed E-state index contributed by atoms with van der Waals surface area (Å²) in [5.41, 5.74) is 7.03. The summed E-state index contributed by atoms with van der Waals surface area (Å²) in [5.74, 6) is 1.20. The fourth-order valence-electron chi connectivity index (χ4n) is 3.70. The Bertz CT molecular complexity index is 1050. The normalized spacial score (nSPS) is 13.5. The lowest BCUT2D eigenvalue weighted by atomic mass is 10.0. The molecule has 0 aliphatic carbocycles. The highest BCUT2D eigenvalue weighted by Gasteiger charge is 2.23. The molecular weight excluding hydrogens is 296 g/mol. The van der Waals surface area contributed by atoms with Gasteiger partial charge in [-0.1, -0.05) is 35.9 Å². The van der Waals surface area contributed by atoms with Crippen LogP contribution in [0.1, 0.15) is 17.8 Å². The second-order valence-electron chi connectivity index (χ2n) is 6.52. The van der Waals surface area contributed by atoms with Gasteiger partial charge in [-0.3, -0.25) is 5.10 Å². The van der Waals surface area contributed by atoms with Crippen molar-refractivity contribution in [2.24, 2.45) is 0 Å². The van der Waals surface area contributed by atoms with Crippen LogP contribution < -0.4 is 0 Å². The largest absolute Gasteiger partial charge is 0.327 e. The zero-order chi connectivity index (χ0) is 16.1. The standard InChI is InChI=1S/C20H18N4/c1-13-4-2-5-14(10-13)19-20(24-9-3-6-18(24)22-19)15-7-8-16-12-21-23-17(16)11-15/h2,4-5,7-8,10-12H,3,6,9H2,1H3,(H,21,23). The summed E-state index contributed by atoms with van der Waals surface area (Å²) < 4.78 is 2.38. The first-order chi connectivity index (χ1) is 11.8. The molecule has 4 heteroatoms. The third kappa shape index (κ3) is 1.99. The third-order valence-corrected chi connectivity index (χ3v) is 4.84. The van der Waals surface area contributed by atoms with E-state index in [0.29, 0.717) is 0 Å². The molecule has 2 aromatic heterocycles. The molecule has 0 spiro atoms. The molecule has 4 aromatic rings. The van der Waals surface area contributed by atoms with E-state index in [1.54, 1.807) is 0 Å². The van der Waals surface area contributed by atoms with Gasteiger partial charge in [0.2, 0.25) is 0 Å². The van der Waals surface area contributed by atoms with E-state index in [0.717, 1.165) is 29.6 Å². The quantitative estimate of drug-likeness (QED) is 0.598. The molecule has 0 unspecified atom stereocenters. The minimum atomic E-state index is 1.05. The summed E-state index contributed by atoms with van der Waals surface area (Å²) in [5, 5.41) is 8.36. The minimum Gasteiger partial charge on any atom is -0.327 e. The van der Waals surface area contributed by atoms with E-state index in [4.69, 9.17) is 4.98 Å². The number of aryl methyl sites for hydroxylation is 2. The number of fused-ring (bicyclic) bond motifs is 2. The van der Waals surface area contributed by atoms with E-state index in [-0.39, 0.29) is 0 Å². The Morgan fingerprint density at radius 2 is 2.04 bits per heavy atom. The van der Waals surface area contributed by atoms with Crippen molar-refractivity contribution >= 4 is 10.9 Å². The number of imidazole rings is 1. The zero-order valence-electron chi connectivity index (χ0n) is 13.6. The van der Waals surface area contributed by atoms with Crippen molar-refractivity contribution in [3.05, 3.63) is 60.0 Å². The second kappa shape index (κ2) is 5.06. The molecule has 0 amide bonds. The van der Waals surface area contributed by atoms with Gasteiger partial charge >= 0.3 is 0 Å². The molecule has 0 saturated heterocycles. The van der Waals surface area contributed by atoms with E-state index in [1.807, 2.05) is 6.20 Å². The first kappa shape index (κ1) is 13.5. The average molecular weight is 314 g/mol. The van der Waals surface area contributed by atoms with Gasteiger partial charge in [0.15, 0.2) is 0 Å². The van der Waals surface area contributed by atoms with Crippen molar-refractivity contribution in [3.8, 4) is 22.5 Å². The molecule has 4 nitrogen and oxygen atoms in total. The fourth-order valence-corrected chi connectivity index (χ4v) is 3.70. The predicted molar refractivity (Wildman–Crippen MR) is 95.8 cm³/mol. The molecule has 2 aromatic carbocycles. The summed E-state index contributed by atoms with van der Waals surface area (Å²) in [4.78, 5) is 4.98. The van der Waals surface area contributed by atoms with Gasteiger partial charge in [0.1, 0.15) is 5.82 Å². The van der Waals surface area contributed by atoms with Gasteiger partial charge in [-0.25, -0.2) is 4.98 Å². The van der Waals surface area contributed by atoms with Gasteiger partial charge in [-0.2, -0.15) is 5.10 Å². The molecule has 1 aliphatic rings. The van der Waals surface area contributed by atoms with Gasteiger partial charge in [0, 0.05) is 29.5 Å². The summed E-state index contributed by atoms with van der Waals surface area (Å²) in [6.07, 6.45) is 4.10. The van der Waals surface area contributed by atoms with Crippen molar-refractivity contribution in [2.45, 2.75) is 26.3 Å². The Kier molecular flexibility index (Phi) is 2.86. The van der Waals surface area contributed by atoms with Crippen LogP contribution in [0.3, 0.4) is 0 Å². The fraction of sp³-hybridized carbons (Fsp3) is 0.200. The summed E-state index contributed by atoms with van der Waals surface area (Å²) in [6.45, 7) is 3.17. The van der Waals surface area contributed by atoms with Crippen molar-refractivity contribution in [3.63, 3.8) is 0 Å². The van der Waals surface area contributed by atoms with Gasteiger partial charge in [-0.05, 0) is 25.5 Å². The molecule has 0 radical (unpaired) electrons. The van der Waals surface area contributed by atoms with Crippen LogP contribution >= 0.6 is 0 Å².